The maximum Gasteiger partial charge on any atom is 3.00 e. The maximum atomic E-state index is 11.3. The number of hydrogen-bond acceptors (Lipinski definition) is 9. The molecule has 0 aliphatic rings. The molecule has 0 fully saturated rings. The molecule has 23 heavy (non-hydrogen) atoms. The Hall–Kier alpha value is -0.375. The van der Waals surface area contributed by atoms with Gasteiger partial charge in [0.15, 0.2) is 0 Å². The monoisotopic (exact) mass is 504 g/mol. The SMILES string of the molecule is O=S(=O)([O-])c1cc2ccccc2c(S(=O)(=O)[O-])c1S(=O)(=O)[O-].[La+3]. The molecule has 0 atom stereocenters. The van der Waals surface area contributed by atoms with Gasteiger partial charge >= 0.3 is 35.6 Å². The molecule has 2 aromatic rings. The van der Waals surface area contributed by atoms with Crippen molar-refractivity contribution in [2.24, 2.45) is 0 Å². The molecular formula is C10H5LaO9S3. The average molecular weight is 504 g/mol. The van der Waals surface area contributed by atoms with Crippen molar-refractivity contribution in [3.63, 3.8) is 0 Å². The minimum Gasteiger partial charge on any atom is -0.744 e. The second kappa shape index (κ2) is 6.50. The summed E-state index contributed by atoms with van der Waals surface area (Å²) < 4.78 is 101. The summed E-state index contributed by atoms with van der Waals surface area (Å²) in [7, 11) is -16.8. The first-order valence-electron chi connectivity index (χ1n) is 5.27. The minimum absolute atomic E-state index is 0. The third-order valence-electron chi connectivity index (χ3n) is 2.69. The molecule has 0 radical (unpaired) electrons. The van der Waals surface area contributed by atoms with Crippen molar-refractivity contribution >= 4 is 41.1 Å². The molecule has 0 heterocycles. The fourth-order valence-electron chi connectivity index (χ4n) is 1.94. The van der Waals surface area contributed by atoms with Crippen molar-refractivity contribution in [3.8, 4) is 0 Å². The molecule has 9 nitrogen and oxygen atoms in total. The Balaban J connectivity index is 0.00000264. The summed E-state index contributed by atoms with van der Waals surface area (Å²) in [5, 5.41) is -0.668. The summed E-state index contributed by atoms with van der Waals surface area (Å²) in [5.41, 5.74) is 0. The molecule has 0 N–H and O–H groups in total. The van der Waals surface area contributed by atoms with E-state index in [0.717, 1.165) is 12.1 Å². The summed E-state index contributed by atoms with van der Waals surface area (Å²) in [6.07, 6.45) is 0. The predicted octanol–water partition coefficient (Wildman–Crippen LogP) is -0.448. The molecule has 0 aliphatic heterocycles. The molecule has 0 amide bonds. The number of hydrogen-bond donors (Lipinski definition) is 0. The smallest absolute Gasteiger partial charge is 0.744 e. The maximum absolute atomic E-state index is 11.3. The zero-order valence-electron chi connectivity index (χ0n) is 10.9. The van der Waals surface area contributed by atoms with Gasteiger partial charge < -0.3 is 13.7 Å². The van der Waals surface area contributed by atoms with Crippen molar-refractivity contribution in [2.75, 3.05) is 0 Å². The van der Waals surface area contributed by atoms with Gasteiger partial charge in [-0.3, -0.25) is 0 Å². The summed E-state index contributed by atoms with van der Waals surface area (Å²) in [6, 6.07) is 5.27. The molecule has 0 aliphatic carbocycles. The first-order chi connectivity index (χ1) is 9.83. The normalized spacial score (nSPS) is 12.8. The van der Waals surface area contributed by atoms with Gasteiger partial charge in [0.05, 0.1) is 14.7 Å². The van der Waals surface area contributed by atoms with Gasteiger partial charge in [0.2, 0.25) is 0 Å². The van der Waals surface area contributed by atoms with Crippen LogP contribution in [0, 0.1) is 35.6 Å². The van der Waals surface area contributed by atoms with E-state index in [1.54, 1.807) is 0 Å². The van der Waals surface area contributed by atoms with Gasteiger partial charge in [0.25, 0.3) is 0 Å². The fourth-order valence-corrected chi connectivity index (χ4v) is 5.27. The molecule has 0 aromatic heterocycles. The van der Waals surface area contributed by atoms with Crippen LogP contribution in [0.1, 0.15) is 0 Å². The summed E-state index contributed by atoms with van der Waals surface area (Å²) >= 11 is 0. The molecule has 0 saturated heterocycles. The van der Waals surface area contributed by atoms with E-state index in [9.17, 15) is 38.9 Å². The van der Waals surface area contributed by atoms with Crippen LogP contribution >= 0.6 is 0 Å². The molecule has 0 bridgehead atoms. The van der Waals surface area contributed by atoms with Crippen LogP contribution < -0.4 is 0 Å². The number of fused-ring (bicyclic) bond motifs is 1. The molecule has 2 rings (SSSR count). The van der Waals surface area contributed by atoms with Crippen LogP contribution in [0.25, 0.3) is 10.8 Å². The van der Waals surface area contributed by atoms with Crippen LogP contribution in [-0.2, 0) is 30.4 Å². The van der Waals surface area contributed by atoms with E-state index >= 15 is 0 Å². The van der Waals surface area contributed by atoms with E-state index in [1.165, 1.54) is 12.1 Å². The fraction of sp³-hybridized carbons (Fsp3) is 0. The van der Waals surface area contributed by atoms with Crippen molar-refractivity contribution < 1.29 is 74.5 Å². The number of rotatable bonds is 3. The Bertz CT molecular complexity index is 1090. The van der Waals surface area contributed by atoms with E-state index in [2.05, 4.69) is 0 Å². The van der Waals surface area contributed by atoms with Crippen molar-refractivity contribution in [3.05, 3.63) is 30.3 Å². The van der Waals surface area contributed by atoms with Crippen LogP contribution in [0.4, 0.5) is 0 Å². The van der Waals surface area contributed by atoms with Gasteiger partial charge in [-0.2, -0.15) is 0 Å². The second-order valence-corrected chi connectivity index (χ2v) is 8.10. The van der Waals surface area contributed by atoms with Crippen LogP contribution in [-0.4, -0.2) is 38.9 Å². The summed E-state index contributed by atoms with van der Waals surface area (Å²) in [5.74, 6) is 0. The molecule has 0 unspecified atom stereocenters. The van der Waals surface area contributed by atoms with Gasteiger partial charge in [-0.25, -0.2) is 25.3 Å². The summed E-state index contributed by atoms with van der Waals surface area (Å²) in [4.78, 5) is -4.97. The van der Waals surface area contributed by atoms with Gasteiger partial charge in [-0.05, 0) is 11.5 Å². The van der Waals surface area contributed by atoms with Crippen LogP contribution in [0.3, 0.4) is 0 Å². The number of benzene rings is 2. The zero-order valence-corrected chi connectivity index (χ0v) is 16.9. The van der Waals surface area contributed by atoms with Crippen LogP contribution in [0.15, 0.2) is 45.0 Å². The molecule has 0 spiro atoms. The Labute approximate surface area is 159 Å². The van der Waals surface area contributed by atoms with E-state index in [4.69, 9.17) is 0 Å². The first kappa shape index (κ1) is 20.7. The van der Waals surface area contributed by atoms with Crippen LogP contribution in [0.5, 0.6) is 0 Å². The zero-order chi connectivity index (χ0) is 16.9. The quantitative estimate of drug-likeness (QED) is 0.502. The third-order valence-corrected chi connectivity index (χ3v) is 5.66. The topological polar surface area (TPSA) is 172 Å². The molecule has 13 heteroatoms. The van der Waals surface area contributed by atoms with Crippen molar-refractivity contribution in [1.82, 2.24) is 0 Å². The van der Waals surface area contributed by atoms with Crippen molar-refractivity contribution in [2.45, 2.75) is 14.7 Å². The van der Waals surface area contributed by atoms with Crippen LogP contribution in [0.2, 0.25) is 0 Å². The van der Waals surface area contributed by atoms with Gasteiger partial charge in [-0.15, -0.1) is 0 Å². The molecule has 0 saturated carbocycles. The van der Waals surface area contributed by atoms with E-state index in [1.807, 2.05) is 0 Å². The first-order valence-corrected chi connectivity index (χ1v) is 9.49. The third kappa shape index (κ3) is 4.18. The van der Waals surface area contributed by atoms with Gasteiger partial charge in [0.1, 0.15) is 30.4 Å². The molecular weight excluding hydrogens is 499 g/mol. The predicted molar refractivity (Wildman–Crippen MR) is 67.8 cm³/mol. The molecule has 120 valence electrons. The standard InChI is InChI=1S/C10H8O9S3.La/c11-20(12,13)8-5-6-3-1-2-4-7(6)9(21(14,15)16)10(8)22(17,18)19;/h1-5H,(H,11,12,13)(H,14,15,16)(H,17,18,19);/q;+3/p-3. The summed E-state index contributed by atoms with van der Waals surface area (Å²) in [6.45, 7) is 0. The van der Waals surface area contributed by atoms with Gasteiger partial charge in [-0.1, -0.05) is 24.3 Å². The van der Waals surface area contributed by atoms with E-state index < -0.39 is 50.4 Å². The molecule has 2 aromatic carbocycles. The Morgan fingerprint density at radius 1 is 0.696 bits per heavy atom. The average Bonchev–Trinajstić information content (AvgIpc) is 2.33. The van der Waals surface area contributed by atoms with E-state index in [-0.39, 0.29) is 41.0 Å². The minimum atomic E-state index is -5.73. The Morgan fingerprint density at radius 2 is 1.17 bits per heavy atom. The Morgan fingerprint density at radius 3 is 1.61 bits per heavy atom. The largest absolute Gasteiger partial charge is 3.00 e. The Kier molecular flexibility index (Phi) is 5.84. The van der Waals surface area contributed by atoms with E-state index in [0.29, 0.717) is 6.07 Å². The van der Waals surface area contributed by atoms with Crippen molar-refractivity contribution in [1.29, 1.82) is 0 Å². The second-order valence-electron chi connectivity index (χ2n) is 4.12. The van der Waals surface area contributed by atoms with Gasteiger partial charge in [0, 0.05) is 5.39 Å².